The molecule has 2 aliphatic rings. The zero-order valence-corrected chi connectivity index (χ0v) is 20.3. The Kier molecular flexibility index (Phi) is 5.74. The first-order chi connectivity index (χ1) is 16.3. The number of rotatable bonds is 6. The van der Waals surface area contributed by atoms with E-state index in [2.05, 4.69) is 41.7 Å². The van der Waals surface area contributed by atoms with Crippen LogP contribution in [0.2, 0.25) is 0 Å². The van der Waals surface area contributed by atoms with E-state index in [-0.39, 0.29) is 17.3 Å². The number of hydrogen-bond acceptors (Lipinski definition) is 5. The van der Waals surface area contributed by atoms with Gasteiger partial charge < -0.3 is 4.74 Å². The van der Waals surface area contributed by atoms with Crippen molar-refractivity contribution in [3.8, 4) is 0 Å². The lowest BCUT2D eigenvalue weighted by atomic mass is 9.76. The smallest absolute Gasteiger partial charge is 0.304 e. The minimum absolute atomic E-state index is 0.0542. The van der Waals surface area contributed by atoms with Gasteiger partial charge in [-0.15, -0.1) is 11.8 Å². The molecule has 3 aromatic rings. The van der Waals surface area contributed by atoms with Crippen molar-refractivity contribution in [3.05, 3.63) is 108 Å². The van der Waals surface area contributed by atoms with Crippen molar-refractivity contribution >= 4 is 23.6 Å². The van der Waals surface area contributed by atoms with Crippen molar-refractivity contribution in [2.75, 3.05) is 0 Å². The molecule has 2 saturated heterocycles. The van der Waals surface area contributed by atoms with E-state index in [1.54, 1.807) is 16.7 Å². The molecule has 0 bridgehead atoms. The summed E-state index contributed by atoms with van der Waals surface area (Å²) in [6, 6.07) is 30.3. The average molecular weight is 473 g/mol. The first-order valence-electron chi connectivity index (χ1n) is 11.5. The Morgan fingerprint density at radius 2 is 1.32 bits per heavy atom. The lowest BCUT2D eigenvalue weighted by Gasteiger charge is -2.49. The molecular formula is C28H28N2O3S. The second-order valence-corrected chi connectivity index (χ2v) is 11.1. The maximum atomic E-state index is 13.6. The van der Waals surface area contributed by atoms with E-state index >= 15 is 0 Å². The third kappa shape index (κ3) is 3.62. The van der Waals surface area contributed by atoms with Crippen LogP contribution in [0.3, 0.4) is 0 Å². The standard InChI is InChI=1S/C28H28N2O3S/c1-19(31)33-26-27(2,3)34-25-23(24(32)30(25)26)29-28(20-13-7-4-8-14-20,21-15-9-5-10-16-21)22-17-11-6-12-18-22/h4-18,23,25-26,29H,1-3H3/t23?,25-,26?/m0/s1. The predicted molar refractivity (Wildman–Crippen MR) is 134 cm³/mol. The molecule has 34 heavy (non-hydrogen) atoms. The van der Waals surface area contributed by atoms with Gasteiger partial charge in [-0.2, -0.15) is 0 Å². The summed E-state index contributed by atoms with van der Waals surface area (Å²) < 4.78 is 5.18. The van der Waals surface area contributed by atoms with E-state index < -0.39 is 22.6 Å². The maximum absolute atomic E-state index is 13.6. The summed E-state index contributed by atoms with van der Waals surface area (Å²) in [6.07, 6.45) is -0.579. The Balaban J connectivity index is 1.61. The maximum Gasteiger partial charge on any atom is 0.304 e. The van der Waals surface area contributed by atoms with Gasteiger partial charge in [0.15, 0.2) is 6.23 Å². The van der Waals surface area contributed by atoms with Crippen molar-refractivity contribution in [3.63, 3.8) is 0 Å². The number of nitrogens with one attached hydrogen (secondary N) is 1. The van der Waals surface area contributed by atoms with Crippen LogP contribution in [0.25, 0.3) is 0 Å². The van der Waals surface area contributed by atoms with Gasteiger partial charge in [-0.25, -0.2) is 0 Å². The minimum Gasteiger partial charge on any atom is -0.440 e. The number of thioether (sulfide) groups is 1. The third-order valence-corrected chi connectivity index (χ3v) is 8.17. The minimum atomic E-state index is -0.736. The van der Waals surface area contributed by atoms with E-state index in [1.165, 1.54) is 6.92 Å². The Morgan fingerprint density at radius 3 is 1.74 bits per heavy atom. The van der Waals surface area contributed by atoms with Crippen LogP contribution in [-0.2, 0) is 19.9 Å². The SMILES string of the molecule is CC(=O)OC1N2C(=O)C(NC(c3ccccc3)(c3ccccc3)c3ccccc3)[C@@H]2SC1(C)C. The number of fused-ring (bicyclic) bond motifs is 1. The lowest BCUT2D eigenvalue weighted by molar-refractivity contribution is -0.176. The fourth-order valence-corrected chi connectivity index (χ4v) is 6.65. The number of β-lactam (4-membered cyclic amide) rings is 1. The van der Waals surface area contributed by atoms with Crippen molar-refractivity contribution in [1.29, 1.82) is 0 Å². The van der Waals surface area contributed by atoms with Gasteiger partial charge >= 0.3 is 5.97 Å². The molecule has 2 heterocycles. The summed E-state index contributed by atoms with van der Waals surface area (Å²) in [5.41, 5.74) is 2.42. The summed E-state index contributed by atoms with van der Waals surface area (Å²) in [5, 5.41) is 3.66. The summed E-state index contributed by atoms with van der Waals surface area (Å²) in [7, 11) is 0. The molecule has 1 amide bonds. The number of esters is 1. The molecule has 2 unspecified atom stereocenters. The van der Waals surface area contributed by atoms with Gasteiger partial charge in [-0.05, 0) is 30.5 Å². The van der Waals surface area contributed by atoms with Gasteiger partial charge in [0.25, 0.3) is 0 Å². The molecule has 0 aliphatic carbocycles. The van der Waals surface area contributed by atoms with Crippen molar-refractivity contribution < 1.29 is 14.3 Å². The second kappa shape index (κ2) is 8.60. The van der Waals surface area contributed by atoms with Crippen LogP contribution in [0.15, 0.2) is 91.0 Å². The van der Waals surface area contributed by atoms with E-state index in [9.17, 15) is 9.59 Å². The van der Waals surface area contributed by atoms with Gasteiger partial charge in [-0.1, -0.05) is 91.0 Å². The number of carbonyl (C=O) groups excluding carboxylic acids is 2. The first kappa shape index (κ1) is 22.7. The highest BCUT2D eigenvalue weighted by molar-refractivity contribution is 8.01. The van der Waals surface area contributed by atoms with Gasteiger partial charge in [0.1, 0.15) is 11.4 Å². The third-order valence-electron chi connectivity index (χ3n) is 6.62. The number of carbonyl (C=O) groups is 2. The molecule has 0 radical (unpaired) electrons. The summed E-state index contributed by atoms with van der Waals surface area (Å²) in [5.74, 6) is -0.433. The van der Waals surface area contributed by atoms with E-state index in [0.29, 0.717) is 0 Å². The van der Waals surface area contributed by atoms with Crippen LogP contribution < -0.4 is 5.32 Å². The van der Waals surface area contributed by atoms with Crippen molar-refractivity contribution in [1.82, 2.24) is 10.2 Å². The summed E-state index contributed by atoms with van der Waals surface area (Å²) in [4.78, 5) is 27.0. The fourth-order valence-electron chi connectivity index (χ4n) is 5.10. The Hall–Kier alpha value is -3.09. The van der Waals surface area contributed by atoms with E-state index in [0.717, 1.165) is 16.7 Å². The summed E-state index contributed by atoms with van der Waals surface area (Å²) >= 11 is 1.67. The highest BCUT2D eigenvalue weighted by atomic mass is 32.2. The second-order valence-electron chi connectivity index (χ2n) is 9.29. The van der Waals surface area contributed by atoms with E-state index in [1.807, 2.05) is 68.4 Å². The Labute approximate surface area is 204 Å². The Morgan fingerprint density at radius 1 is 0.882 bits per heavy atom. The van der Waals surface area contributed by atoms with Crippen LogP contribution in [0, 0.1) is 0 Å². The monoisotopic (exact) mass is 472 g/mol. The van der Waals surface area contributed by atoms with Gasteiger partial charge in [0.05, 0.1) is 10.3 Å². The first-order valence-corrected chi connectivity index (χ1v) is 12.3. The topological polar surface area (TPSA) is 58.6 Å². The molecule has 6 heteroatoms. The molecule has 5 nitrogen and oxygen atoms in total. The number of amides is 1. The lowest BCUT2D eigenvalue weighted by Crippen LogP contribution is -2.72. The fraction of sp³-hybridized carbons (Fsp3) is 0.286. The number of benzene rings is 3. The quantitative estimate of drug-likeness (QED) is 0.325. The van der Waals surface area contributed by atoms with E-state index in [4.69, 9.17) is 4.74 Å². The number of hydrogen-bond donors (Lipinski definition) is 1. The molecule has 3 atom stereocenters. The Bertz CT molecular complexity index is 1090. The normalized spacial score (nSPS) is 23.2. The number of nitrogens with zero attached hydrogens (tertiary/aromatic N) is 1. The largest absolute Gasteiger partial charge is 0.440 e. The van der Waals surface area contributed by atoms with Crippen LogP contribution >= 0.6 is 11.8 Å². The molecule has 5 rings (SSSR count). The van der Waals surface area contributed by atoms with Crippen LogP contribution in [0.4, 0.5) is 0 Å². The molecule has 1 N–H and O–H groups in total. The van der Waals surface area contributed by atoms with Gasteiger partial charge in [-0.3, -0.25) is 19.8 Å². The number of ether oxygens (including phenoxy) is 1. The van der Waals surface area contributed by atoms with Crippen molar-refractivity contribution in [2.24, 2.45) is 0 Å². The van der Waals surface area contributed by atoms with Gasteiger partial charge in [0.2, 0.25) is 5.91 Å². The highest BCUT2D eigenvalue weighted by Crippen LogP contribution is 2.52. The molecule has 0 saturated carbocycles. The molecule has 2 aliphatic heterocycles. The van der Waals surface area contributed by atoms with Crippen LogP contribution in [-0.4, -0.2) is 39.2 Å². The molecule has 174 valence electrons. The molecule has 2 fully saturated rings. The molecule has 0 aromatic heterocycles. The predicted octanol–water partition coefficient (Wildman–Crippen LogP) is 4.52. The average Bonchev–Trinajstić information content (AvgIpc) is 3.08. The zero-order chi connectivity index (χ0) is 23.9. The summed E-state index contributed by atoms with van der Waals surface area (Å²) in [6.45, 7) is 5.43. The highest BCUT2D eigenvalue weighted by Gasteiger charge is 2.64. The van der Waals surface area contributed by atoms with Gasteiger partial charge in [0, 0.05) is 6.92 Å². The van der Waals surface area contributed by atoms with Crippen LogP contribution in [0.1, 0.15) is 37.5 Å². The van der Waals surface area contributed by atoms with Crippen molar-refractivity contribution in [2.45, 2.75) is 48.7 Å². The van der Waals surface area contributed by atoms with Crippen LogP contribution in [0.5, 0.6) is 0 Å². The molecular weight excluding hydrogens is 444 g/mol. The molecule has 3 aromatic carbocycles. The zero-order valence-electron chi connectivity index (χ0n) is 19.5. The molecule has 0 spiro atoms.